The molecule has 0 unspecified atom stereocenters. The van der Waals surface area contributed by atoms with E-state index in [0.717, 1.165) is 31.2 Å². The third-order valence-electron chi connectivity index (χ3n) is 4.82. The van der Waals surface area contributed by atoms with Crippen LogP contribution >= 0.6 is 22.9 Å². The molecule has 0 aliphatic carbocycles. The maximum absolute atomic E-state index is 12.1. The van der Waals surface area contributed by atoms with Crippen LogP contribution in [-0.4, -0.2) is 41.3 Å². The number of nitrogens with one attached hydrogen (secondary N) is 2. The summed E-state index contributed by atoms with van der Waals surface area (Å²) in [5.41, 5.74) is 1.39. The Hall–Kier alpha value is -1.96. The topological polar surface area (TPSA) is 74.3 Å². The van der Waals surface area contributed by atoms with Crippen LogP contribution in [0.25, 0.3) is 0 Å². The summed E-state index contributed by atoms with van der Waals surface area (Å²) in [6.45, 7) is 5.56. The Bertz CT molecular complexity index is 818. The van der Waals surface area contributed by atoms with Crippen molar-refractivity contribution in [1.29, 1.82) is 0 Å². The molecule has 2 heterocycles. The highest BCUT2D eigenvalue weighted by Gasteiger charge is 2.17. The second kappa shape index (κ2) is 10.0. The van der Waals surface area contributed by atoms with Gasteiger partial charge in [-0.1, -0.05) is 30.7 Å². The Balaban J connectivity index is 1.40. The molecule has 1 aromatic carbocycles. The van der Waals surface area contributed by atoms with Crippen LogP contribution in [0, 0.1) is 5.92 Å². The fourth-order valence-electron chi connectivity index (χ4n) is 3.10. The average Bonchev–Trinajstić information content (AvgIpc) is 3.10. The molecule has 1 fully saturated rings. The molecule has 0 atom stereocenters. The highest BCUT2D eigenvalue weighted by atomic mass is 35.5. The van der Waals surface area contributed by atoms with Gasteiger partial charge in [-0.2, -0.15) is 0 Å². The van der Waals surface area contributed by atoms with Crippen LogP contribution in [-0.2, 0) is 11.3 Å². The van der Waals surface area contributed by atoms with Gasteiger partial charge < -0.3 is 10.6 Å². The number of carbonyl (C=O) groups excluding carboxylic acids is 2. The van der Waals surface area contributed by atoms with E-state index in [-0.39, 0.29) is 24.8 Å². The molecule has 1 aliphatic rings. The van der Waals surface area contributed by atoms with Crippen molar-refractivity contribution in [1.82, 2.24) is 15.2 Å². The van der Waals surface area contributed by atoms with Crippen LogP contribution in [0.2, 0.25) is 5.02 Å². The van der Waals surface area contributed by atoms with E-state index in [1.54, 1.807) is 24.3 Å². The van der Waals surface area contributed by atoms with Crippen molar-refractivity contribution in [2.24, 2.45) is 5.92 Å². The minimum atomic E-state index is -0.286. The second-order valence-electron chi connectivity index (χ2n) is 7.14. The second-order valence-corrected chi connectivity index (χ2v) is 8.40. The smallest absolute Gasteiger partial charge is 0.252 e. The fraction of sp³-hybridized carbons (Fsp3) is 0.450. The third-order valence-corrected chi connectivity index (χ3v) is 5.95. The molecule has 2 N–H and O–H groups in total. The standard InChI is InChI=1S/C20H25ClN4O2S/c1-14-7-10-25(11-8-14)12-15-13-28-20(23-15)24-18(26)6-9-22-19(27)16-4-2-3-5-17(16)21/h2-5,13-14H,6-12H2,1H3,(H,22,27)(H,23,24,26). The Morgan fingerprint density at radius 3 is 2.79 bits per heavy atom. The van der Waals surface area contributed by atoms with Crippen molar-refractivity contribution >= 4 is 39.9 Å². The Morgan fingerprint density at radius 2 is 2.04 bits per heavy atom. The highest BCUT2D eigenvalue weighted by molar-refractivity contribution is 7.13. The first kappa shape index (κ1) is 20.8. The van der Waals surface area contributed by atoms with E-state index in [1.165, 1.54) is 24.2 Å². The Labute approximate surface area is 174 Å². The lowest BCUT2D eigenvalue weighted by Crippen LogP contribution is -2.32. The molecular weight excluding hydrogens is 396 g/mol. The van der Waals surface area contributed by atoms with E-state index in [9.17, 15) is 9.59 Å². The van der Waals surface area contributed by atoms with E-state index in [4.69, 9.17) is 11.6 Å². The molecule has 1 aromatic heterocycles. The van der Waals surface area contributed by atoms with E-state index >= 15 is 0 Å². The summed E-state index contributed by atoms with van der Waals surface area (Å²) in [7, 11) is 0. The quantitative estimate of drug-likeness (QED) is 0.714. The molecule has 0 spiro atoms. The number of halogens is 1. The molecule has 28 heavy (non-hydrogen) atoms. The van der Waals surface area contributed by atoms with Crippen molar-refractivity contribution in [2.75, 3.05) is 25.0 Å². The van der Waals surface area contributed by atoms with E-state index in [2.05, 4.69) is 27.4 Å². The normalized spacial score (nSPS) is 15.4. The van der Waals surface area contributed by atoms with Gasteiger partial charge in [0.05, 0.1) is 16.3 Å². The molecule has 1 saturated heterocycles. The fourth-order valence-corrected chi connectivity index (χ4v) is 4.04. The molecule has 2 aromatic rings. The number of rotatable bonds is 7. The van der Waals surface area contributed by atoms with Crippen LogP contribution in [0.5, 0.6) is 0 Å². The van der Waals surface area contributed by atoms with Crippen molar-refractivity contribution in [3.8, 4) is 0 Å². The van der Waals surface area contributed by atoms with Crippen LogP contribution in [0.3, 0.4) is 0 Å². The maximum atomic E-state index is 12.1. The lowest BCUT2D eigenvalue weighted by molar-refractivity contribution is -0.116. The number of carbonyl (C=O) groups is 2. The number of amides is 2. The van der Waals surface area contributed by atoms with E-state index in [1.807, 2.05) is 5.38 Å². The highest BCUT2D eigenvalue weighted by Crippen LogP contribution is 2.21. The number of anilines is 1. The maximum Gasteiger partial charge on any atom is 0.252 e. The number of hydrogen-bond acceptors (Lipinski definition) is 5. The van der Waals surface area contributed by atoms with Crippen molar-refractivity contribution in [3.05, 3.63) is 45.9 Å². The number of hydrogen-bond donors (Lipinski definition) is 2. The summed E-state index contributed by atoms with van der Waals surface area (Å²) in [6, 6.07) is 6.82. The average molecular weight is 421 g/mol. The summed E-state index contributed by atoms with van der Waals surface area (Å²) >= 11 is 7.43. The number of aromatic nitrogens is 1. The zero-order valence-electron chi connectivity index (χ0n) is 15.9. The van der Waals surface area contributed by atoms with Crippen molar-refractivity contribution in [2.45, 2.75) is 32.7 Å². The Morgan fingerprint density at radius 1 is 1.29 bits per heavy atom. The number of nitrogens with zero attached hydrogens (tertiary/aromatic N) is 2. The molecule has 3 rings (SSSR count). The van der Waals surface area contributed by atoms with Crippen molar-refractivity contribution in [3.63, 3.8) is 0 Å². The summed E-state index contributed by atoms with van der Waals surface area (Å²) < 4.78 is 0. The third kappa shape index (κ3) is 6.02. The minimum absolute atomic E-state index is 0.174. The predicted molar refractivity (Wildman–Crippen MR) is 113 cm³/mol. The van der Waals surface area contributed by atoms with E-state index < -0.39 is 0 Å². The predicted octanol–water partition coefficient (Wildman–Crippen LogP) is 3.79. The van der Waals surface area contributed by atoms with Crippen molar-refractivity contribution < 1.29 is 9.59 Å². The molecule has 0 saturated carbocycles. The summed E-state index contributed by atoms with van der Waals surface area (Å²) in [4.78, 5) is 31.1. The lowest BCUT2D eigenvalue weighted by Gasteiger charge is -2.29. The van der Waals surface area contributed by atoms with Gasteiger partial charge in [0.1, 0.15) is 0 Å². The molecular formula is C20H25ClN4O2S. The largest absolute Gasteiger partial charge is 0.351 e. The molecule has 150 valence electrons. The van der Waals surface area contributed by atoms with E-state index in [0.29, 0.717) is 15.7 Å². The van der Waals surface area contributed by atoms with Gasteiger partial charge in [-0.05, 0) is 44.0 Å². The van der Waals surface area contributed by atoms with Crippen LogP contribution in [0.1, 0.15) is 42.2 Å². The molecule has 2 amide bonds. The van der Waals surface area contributed by atoms with Gasteiger partial charge in [-0.15, -0.1) is 11.3 Å². The van der Waals surface area contributed by atoms with Gasteiger partial charge in [-0.25, -0.2) is 4.98 Å². The molecule has 0 radical (unpaired) electrons. The van der Waals surface area contributed by atoms with Crippen LogP contribution in [0.4, 0.5) is 5.13 Å². The molecule has 1 aliphatic heterocycles. The first-order valence-corrected chi connectivity index (χ1v) is 10.8. The summed E-state index contributed by atoms with van der Waals surface area (Å²) in [5.74, 6) is 0.345. The summed E-state index contributed by atoms with van der Waals surface area (Å²) in [5, 5.41) is 8.50. The Kier molecular flexibility index (Phi) is 7.42. The molecule has 8 heteroatoms. The zero-order valence-corrected chi connectivity index (χ0v) is 17.5. The van der Waals surface area contributed by atoms with Crippen LogP contribution < -0.4 is 10.6 Å². The number of thiazole rings is 1. The van der Waals surface area contributed by atoms with Crippen LogP contribution in [0.15, 0.2) is 29.6 Å². The molecule has 6 nitrogen and oxygen atoms in total. The number of benzene rings is 1. The number of piperidine rings is 1. The minimum Gasteiger partial charge on any atom is -0.351 e. The number of likely N-dealkylation sites (tertiary alicyclic amines) is 1. The molecule has 0 bridgehead atoms. The van der Waals surface area contributed by atoms with Gasteiger partial charge >= 0.3 is 0 Å². The zero-order chi connectivity index (χ0) is 19.9. The van der Waals surface area contributed by atoms with Gasteiger partial charge in [0.15, 0.2) is 5.13 Å². The first-order chi connectivity index (χ1) is 13.5. The van der Waals surface area contributed by atoms with Gasteiger partial charge in [0, 0.05) is 24.9 Å². The SMILES string of the molecule is CC1CCN(Cc2csc(NC(=O)CCNC(=O)c3ccccc3Cl)n2)CC1. The van der Waals surface area contributed by atoms with Gasteiger partial charge in [0.2, 0.25) is 5.91 Å². The first-order valence-electron chi connectivity index (χ1n) is 9.50. The van der Waals surface area contributed by atoms with Gasteiger partial charge in [0.25, 0.3) is 5.91 Å². The lowest BCUT2D eigenvalue weighted by atomic mass is 9.99. The monoisotopic (exact) mass is 420 g/mol. The van der Waals surface area contributed by atoms with Gasteiger partial charge in [-0.3, -0.25) is 14.5 Å². The summed E-state index contributed by atoms with van der Waals surface area (Å²) in [6.07, 6.45) is 2.64.